The van der Waals surface area contributed by atoms with Crippen LogP contribution < -0.4 is 4.90 Å². The molecule has 1 fully saturated rings. The first kappa shape index (κ1) is 10.6. The summed E-state index contributed by atoms with van der Waals surface area (Å²) in [5.74, 6) is 0.226. The average Bonchev–Trinajstić information content (AvgIpc) is 2.29. The maximum atomic E-state index is 11.3. The van der Waals surface area contributed by atoms with E-state index < -0.39 is 4.92 Å². The lowest BCUT2D eigenvalue weighted by molar-refractivity contribution is -0.384. The molecule has 1 heterocycles. The van der Waals surface area contributed by atoms with Gasteiger partial charge in [0.1, 0.15) is 0 Å². The van der Waals surface area contributed by atoms with Gasteiger partial charge in [0.15, 0.2) is 5.78 Å². The van der Waals surface area contributed by atoms with Crippen LogP contribution in [0.1, 0.15) is 12.8 Å². The minimum absolute atomic E-state index is 0.0760. The van der Waals surface area contributed by atoms with Crippen molar-refractivity contribution in [2.75, 3.05) is 18.0 Å². The summed E-state index contributed by atoms with van der Waals surface area (Å²) >= 11 is 0. The molecule has 0 aromatic heterocycles. The third-order valence-corrected chi connectivity index (χ3v) is 2.68. The molecule has 0 aliphatic carbocycles. The number of ketones is 1. The van der Waals surface area contributed by atoms with Crippen molar-refractivity contribution < 1.29 is 9.72 Å². The van der Waals surface area contributed by atoms with E-state index in [-0.39, 0.29) is 11.5 Å². The van der Waals surface area contributed by atoms with Crippen LogP contribution in [0.15, 0.2) is 24.3 Å². The van der Waals surface area contributed by atoms with E-state index in [1.165, 1.54) is 12.1 Å². The van der Waals surface area contributed by atoms with E-state index in [9.17, 15) is 14.9 Å². The molecular formula is C11H12N2O3. The molecule has 16 heavy (non-hydrogen) atoms. The van der Waals surface area contributed by atoms with Crippen LogP contribution in [0.3, 0.4) is 0 Å². The average molecular weight is 220 g/mol. The zero-order chi connectivity index (χ0) is 11.5. The Hall–Kier alpha value is -1.91. The number of Topliss-reactive ketones (excluding diaryl/α,β-unsaturated/α-hetero) is 1. The fraction of sp³-hybridized carbons (Fsp3) is 0.364. The SMILES string of the molecule is O=C1CCCN(c2ccc([N+](=O)[O-])cc2)C1. The third-order valence-electron chi connectivity index (χ3n) is 2.68. The summed E-state index contributed by atoms with van der Waals surface area (Å²) in [5.41, 5.74) is 0.950. The zero-order valence-corrected chi connectivity index (χ0v) is 8.76. The highest BCUT2D eigenvalue weighted by Gasteiger charge is 2.17. The molecule has 0 radical (unpaired) electrons. The van der Waals surface area contributed by atoms with Gasteiger partial charge >= 0.3 is 0 Å². The molecule has 0 saturated carbocycles. The zero-order valence-electron chi connectivity index (χ0n) is 8.76. The van der Waals surface area contributed by atoms with Gasteiger partial charge < -0.3 is 4.90 Å². The smallest absolute Gasteiger partial charge is 0.269 e. The summed E-state index contributed by atoms with van der Waals surface area (Å²) in [5, 5.41) is 10.5. The topological polar surface area (TPSA) is 63.5 Å². The molecule has 1 aromatic rings. The van der Waals surface area contributed by atoms with E-state index in [1.807, 2.05) is 4.90 Å². The molecule has 1 saturated heterocycles. The van der Waals surface area contributed by atoms with E-state index in [0.29, 0.717) is 13.0 Å². The Morgan fingerprint density at radius 3 is 2.50 bits per heavy atom. The van der Waals surface area contributed by atoms with Gasteiger partial charge in [0.25, 0.3) is 5.69 Å². The van der Waals surface area contributed by atoms with Gasteiger partial charge in [-0.05, 0) is 18.6 Å². The minimum atomic E-state index is -0.425. The van der Waals surface area contributed by atoms with Crippen LogP contribution in [0.2, 0.25) is 0 Å². The molecule has 2 rings (SSSR count). The summed E-state index contributed by atoms with van der Waals surface area (Å²) in [7, 11) is 0. The number of nitro benzene ring substituents is 1. The lowest BCUT2D eigenvalue weighted by Crippen LogP contribution is -2.35. The Morgan fingerprint density at radius 1 is 1.25 bits per heavy atom. The number of anilines is 1. The van der Waals surface area contributed by atoms with Crippen molar-refractivity contribution in [2.45, 2.75) is 12.8 Å². The summed E-state index contributed by atoms with van der Waals surface area (Å²) < 4.78 is 0. The predicted molar refractivity (Wildman–Crippen MR) is 59.6 cm³/mol. The number of carbonyl (C=O) groups is 1. The molecule has 84 valence electrons. The van der Waals surface area contributed by atoms with E-state index >= 15 is 0 Å². The number of hydrogen-bond acceptors (Lipinski definition) is 4. The van der Waals surface area contributed by atoms with Crippen molar-refractivity contribution in [2.24, 2.45) is 0 Å². The molecule has 1 aliphatic heterocycles. The van der Waals surface area contributed by atoms with E-state index in [4.69, 9.17) is 0 Å². The first-order valence-corrected chi connectivity index (χ1v) is 5.18. The van der Waals surface area contributed by atoms with Crippen LogP contribution in [-0.2, 0) is 4.79 Å². The van der Waals surface area contributed by atoms with E-state index in [0.717, 1.165) is 18.7 Å². The number of hydrogen-bond donors (Lipinski definition) is 0. The first-order chi connectivity index (χ1) is 7.66. The highest BCUT2D eigenvalue weighted by Crippen LogP contribution is 2.21. The maximum Gasteiger partial charge on any atom is 0.269 e. The monoisotopic (exact) mass is 220 g/mol. The number of carbonyl (C=O) groups excluding carboxylic acids is 1. The highest BCUT2D eigenvalue weighted by atomic mass is 16.6. The number of rotatable bonds is 2. The first-order valence-electron chi connectivity index (χ1n) is 5.18. The second-order valence-corrected chi connectivity index (χ2v) is 3.84. The Morgan fingerprint density at radius 2 is 1.94 bits per heavy atom. The second-order valence-electron chi connectivity index (χ2n) is 3.84. The highest BCUT2D eigenvalue weighted by molar-refractivity contribution is 5.84. The molecule has 0 N–H and O–H groups in total. The van der Waals surface area contributed by atoms with Gasteiger partial charge in [-0.3, -0.25) is 14.9 Å². The van der Waals surface area contributed by atoms with Crippen molar-refractivity contribution in [3.05, 3.63) is 34.4 Å². The Bertz CT molecular complexity index is 414. The normalized spacial score (nSPS) is 16.2. The molecule has 0 spiro atoms. The molecule has 1 aliphatic rings. The number of non-ortho nitro benzene ring substituents is 1. The number of nitro groups is 1. The van der Waals surface area contributed by atoms with Crippen molar-refractivity contribution in [3.8, 4) is 0 Å². The number of benzene rings is 1. The van der Waals surface area contributed by atoms with Crippen LogP contribution >= 0.6 is 0 Å². The van der Waals surface area contributed by atoms with Gasteiger partial charge in [-0.2, -0.15) is 0 Å². The summed E-state index contributed by atoms with van der Waals surface area (Å²) in [4.78, 5) is 23.3. The van der Waals surface area contributed by atoms with Gasteiger partial charge in [-0.25, -0.2) is 0 Å². The van der Waals surface area contributed by atoms with E-state index in [1.54, 1.807) is 12.1 Å². The van der Waals surface area contributed by atoms with Gasteiger partial charge in [0, 0.05) is 30.8 Å². The van der Waals surface area contributed by atoms with Crippen LogP contribution in [0.4, 0.5) is 11.4 Å². The van der Waals surface area contributed by atoms with Crippen molar-refractivity contribution in [1.29, 1.82) is 0 Å². The Labute approximate surface area is 92.8 Å². The predicted octanol–water partition coefficient (Wildman–Crippen LogP) is 1.76. The van der Waals surface area contributed by atoms with Gasteiger partial charge in [0.05, 0.1) is 11.5 Å². The van der Waals surface area contributed by atoms with Crippen molar-refractivity contribution in [3.63, 3.8) is 0 Å². The van der Waals surface area contributed by atoms with Gasteiger partial charge in [-0.15, -0.1) is 0 Å². The lowest BCUT2D eigenvalue weighted by Gasteiger charge is -2.27. The minimum Gasteiger partial charge on any atom is -0.364 e. The Balaban J connectivity index is 2.14. The molecule has 5 heteroatoms. The molecule has 0 atom stereocenters. The lowest BCUT2D eigenvalue weighted by atomic mass is 10.1. The fourth-order valence-electron chi connectivity index (χ4n) is 1.84. The standard InChI is InChI=1S/C11H12N2O3/c14-11-2-1-7-12(8-11)9-3-5-10(6-4-9)13(15)16/h3-6H,1-2,7-8H2. The summed E-state index contributed by atoms with van der Waals surface area (Å²) in [6.07, 6.45) is 1.50. The van der Waals surface area contributed by atoms with Crippen LogP contribution in [0.25, 0.3) is 0 Å². The summed E-state index contributed by atoms with van der Waals surface area (Å²) in [6, 6.07) is 6.32. The van der Waals surface area contributed by atoms with Crippen LogP contribution in [0.5, 0.6) is 0 Å². The Kier molecular flexibility index (Phi) is 2.85. The fourth-order valence-corrected chi connectivity index (χ4v) is 1.84. The quantitative estimate of drug-likeness (QED) is 0.562. The van der Waals surface area contributed by atoms with E-state index in [2.05, 4.69) is 0 Å². The number of piperidine rings is 1. The van der Waals surface area contributed by atoms with Crippen LogP contribution in [0, 0.1) is 10.1 Å². The largest absolute Gasteiger partial charge is 0.364 e. The molecule has 0 bridgehead atoms. The van der Waals surface area contributed by atoms with Crippen molar-refractivity contribution >= 4 is 17.2 Å². The second kappa shape index (κ2) is 4.30. The maximum absolute atomic E-state index is 11.3. The molecule has 0 unspecified atom stereocenters. The molecule has 0 amide bonds. The molecule has 5 nitrogen and oxygen atoms in total. The number of nitrogens with zero attached hydrogens (tertiary/aromatic N) is 2. The van der Waals surface area contributed by atoms with Crippen molar-refractivity contribution in [1.82, 2.24) is 0 Å². The summed E-state index contributed by atoms with van der Waals surface area (Å²) in [6.45, 7) is 1.25. The molecular weight excluding hydrogens is 208 g/mol. The molecule has 1 aromatic carbocycles. The van der Waals surface area contributed by atoms with Gasteiger partial charge in [-0.1, -0.05) is 0 Å². The van der Waals surface area contributed by atoms with Crippen LogP contribution in [-0.4, -0.2) is 23.8 Å². The van der Waals surface area contributed by atoms with Gasteiger partial charge in [0.2, 0.25) is 0 Å². The third kappa shape index (κ3) is 2.18.